The van der Waals surface area contributed by atoms with Gasteiger partial charge in [0.25, 0.3) is 0 Å². The third kappa shape index (κ3) is 3.50. The number of hydrogen-bond donors (Lipinski definition) is 1. The molecule has 0 radical (unpaired) electrons. The fourth-order valence-electron chi connectivity index (χ4n) is 4.37. The molecular formula is C24H26N6O. The highest BCUT2D eigenvalue weighted by atomic mass is 16.1. The predicted molar refractivity (Wildman–Crippen MR) is 123 cm³/mol. The van der Waals surface area contributed by atoms with Crippen LogP contribution in [0, 0.1) is 12.8 Å². The van der Waals surface area contributed by atoms with Crippen molar-refractivity contribution in [2.24, 2.45) is 5.92 Å². The molecule has 4 aromatic rings. The summed E-state index contributed by atoms with van der Waals surface area (Å²) >= 11 is 0. The molecule has 4 heterocycles. The molecule has 0 saturated carbocycles. The van der Waals surface area contributed by atoms with E-state index in [1.165, 1.54) is 0 Å². The third-order valence-electron chi connectivity index (χ3n) is 6.23. The van der Waals surface area contributed by atoms with Gasteiger partial charge in [-0.2, -0.15) is 9.61 Å². The van der Waals surface area contributed by atoms with Crippen LogP contribution in [0.25, 0.3) is 27.7 Å². The first-order valence-electron chi connectivity index (χ1n) is 10.8. The third-order valence-corrected chi connectivity index (χ3v) is 6.23. The number of anilines is 2. The van der Waals surface area contributed by atoms with E-state index in [1.807, 2.05) is 37.4 Å². The van der Waals surface area contributed by atoms with Crippen molar-refractivity contribution < 1.29 is 4.79 Å². The molecule has 0 amide bonds. The normalized spacial score (nSPS) is 17.8. The van der Waals surface area contributed by atoms with Crippen molar-refractivity contribution in [1.82, 2.24) is 19.6 Å². The molecule has 1 unspecified atom stereocenters. The second-order valence-corrected chi connectivity index (χ2v) is 8.53. The van der Waals surface area contributed by atoms with Crippen molar-refractivity contribution in [1.29, 1.82) is 0 Å². The first kappa shape index (κ1) is 19.5. The lowest BCUT2D eigenvalue weighted by molar-refractivity contribution is -0.119. The number of benzene rings is 1. The summed E-state index contributed by atoms with van der Waals surface area (Å²) in [5, 5.41) is 5.57. The largest absolute Gasteiger partial charge is 0.383 e. The highest BCUT2D eigenvalue weighted by Gasteiger charge is 2.23. The van der Waals surface area contributed by atoms with Gasteiger partial charge >= 0.3 is 0 Å². The monoisotopic (exact) mass is 414 g/mol. The number of para-hydroxylation sites is 1. The molecule has 158 valence electrons. The van der Waals surface area contributed by atoms with Crippen LogP contribution in [0.5, 0.6) is 0 Å². The van der Waals surface area contributed by atoms with Crippen LogP contribution in [0.4, 0.5) is 11.6 Å². The molecule has 1 aromatic carbocycles. The average molecular weight is 415 g/mol. The Labute approximate surface area is 180 Å². The summed E-state index contributed by atoms with van der Waals surface area (Å²) in [6, 6.07) is 10.1. The molecule has 1 atom stereocenters. The quantitative estimate of drug-likeness (QED) is 0.533. The van der Waals surface area contributed by atoms with Gasteiger partial charge in [0.05, 0.1) is 11.7 Å². The number of nitrogens with two attached hydrogens (primary N) is 1. The maximum absolute atomic E-state index is 12.2. The van der Waals surface area contributed by atoms with Crippen LogP contribution < -0.4 is 10.6 Å². The van der Waals surface area contributed by atoms with E-state index in [1.54, 1.807) is 10.7 Å². The Morgan fingerprint density at radius 2 is 2.00 bits per heavy atom. The number of rotatable bonds is 2. The van der Waals surface area contributed by atoms with Gasteiger partial charge in [0.2, 0.25) is 0 Å². The molecule has 5 rings (SSSR count). The van der Waals surface area contributed by atoms with E-state index in [9.17, 15) is 4.79 Å². The van der Waals surface area contributed by atoms with Crippen molar-refractivity contribution in [2.45, 2.75) is 33.1 Å². The average Bonchev–Trinajstić information content (AvgIpc) is 3.19. The van der Waals surface area contributed by atoms with Gasteiger partial charge in [-0.1, -0.05) is 25.1 Å². The minimum atomic E-state index is 0.316. The molecule has 0 aliphatic carbocycles. The molecule has 1 saturated heterocycles. The lowest BCUT2D eigenvalue weighted by Gasteiger charge is -2.29. The Hall–Kier alpha value is -3.48. The number of pyridine rings is 1. The van der Waals surface area contributed by atoms with Crippen molar-refractivity contribution in [2.75, 3.05) is 23.7 Å². The van der Waals surface area contributed by atoms with Crippen molar-refractivity contribution >= 4 is 34.0 Å². The van der Waals surface area contributed by atoms with Crippen molar-refractivity contribution in [3.8, 4) is 11.1 Å². The van der Waals surface area contributed by atoms with Crippen LogP contribution in [0.15, 0.2) is 42.7 Å². The van der Waals surface area contributed by atoms with E-state index in [-0.39, 0.29) is 0 Å². The van der Waals surface area contributed by atoms with Crippen molar-refractivity contribution in [3.05, 3.63) is 48.3 Å². The zero-order chi connectivity index (χ0) is 21.5. The number of fused-ring (bicyclic) bond motifs is 2. The molecule has 1 fully saturated rings. The molecule has 0 spiro atoms. The van der Waals surface area contributed by atoms with Crippen LogP contribution in [0.2, 0.25) is 0 Å². The van der Waals surface area contributed by atoms with E-state index in [4.69, 9.17) is 10.7 Å². The molecule has 31 heavy (non-hydrogen) atoms. The number of carbonyl (C=O) groups excluding carboxylic acids is 1. The minimum Gasteiger partial charge on any atom is -0.383 e. The molecule has 3 aromatic heterocycles. The van der Waals surface area contributed by atoms with Crippen LogP contribution in [-0.2, 0) is 4.79 Å². The summed E-state index contributed by atoms with van der Waals surface area (Å²) in [5.74, 6) is 2.10. The summed E-state index contributed by atoms with van der Waals surface area (Å²) in [7, 11) is 0. The number of Topliss-reactive ketones (excluding diaryl/α,β-unsaturated/α-hetero) is 1. The summed E-state index contributed by atoms with van der Waals surface area (Å²) in [6.07, 6.45) is 5.82. The highest BCUT2D eigenvalue weighted by Crippen LogP contribution is 2.32. The summed E-state index contributed by atoms with van der Waals surface area (Å²) in [5.41, 5.74) is 10.9. The van der Waals surface area contributed by atoms with Gasteiger partial charge in [-0.15, -0.1) is 0 Å². The minimum absolute atomic E-state index is 0.316. The maximum Gasteiger partial charge on any atom is 0.167 e. The van der Waals surface area contributed by atoms with E-state index in [0.717, 1.165) is 46.4 Å². The number of nitrogens with zero attached hydrogens (tertiary/aromatic N) is 5. The second kappa shape index (κ2) is 7.65. The summed E-state index contributed by atoms with van der Waals surface area (Å²) < 4.78 is 1.70. The fraction of sp³-hybridized carbons (Fsp3) is 0.333. The van der Waals surface area contributed by atoms with Gasteiger partial charge in [0.1, 0.15) is 17.4 Å². The summed E-state index contributed by atoms with van der Waals surface area (Å²) in [6.45, 7) is 5.63. The molecule has 7 nitrogen and oxygen atoms in total. The first-order chi connectivity index (χ1) is 15.0. The highest BCUT2D eigenvalue weighted by molar-refractivity contribution is 5.87. The van der Waals surface area contributed by atoms with Crippen molar-refractivity contribution in [3.63, 3.8) is 0 Å². The molecule has 7 heteroatoms. The second-order valence-electron chi connectivity index (χ2n) is 8.53. The fourth-order valence-corrected chi connectivity index (χ4v) is 4.37. The van der Waals surface area contributed by atoms with Crippen LogP contribution in [-0.4, -0.2) is 38.5 Å². The van der Waals surface area contributed by atoms with Gasteiger partial charge in [0.15, 0.2) is 5.65 Å². The van der Waals surface area contributed by atoms with E-state index >= 15 is 0 Å². The van der Waals surface area contributed by atoms with Gasteiger partial charge in [-0.25, -0.2) is 4.98 Å². The zero-order valence-electron chi connectivity index (χ0n) is 17.9. The molecule has 1 aliphatic heterocycles. The number of ketones is 1. The Morgan fingerprint density at radius 1 is 1.16 bits per heavy atom. The van der Waals surface area contributed by atoms with E-state index in [2.05, 4.69) is 28.0 Å². The number of nitrogen functional groups attached to an aromatic ring is 1. The van der Waals surface area contributed by atoms with Crippen LogP contribution >= 0.6 is 0 Å². The number of hydrogen-bond acceptors (Lipinski definition) is 6. The molecular weight excluding hydrogens is 388 g/mol. The standard InChI is InChI=1S/C24H26N6O/c1-15-7-9-29(10-8-19(31)11-15)23-16(2)22(25)30-24(28-23)20(14-27-30)18-12-17-5-3-4-6-21(17)26-13-18/h3-6,12-15H,7-11,25H2,1-2H3. The topological polar surface area (TPSA) is 89.4 Å². The molecule has 0 bridgehead atoms. The van der Waals surface area contributed by atoms with Crippen LogP contribution in [0.1, 0.15) is 31.7 Å². The number of carbonyl (C=O) groups is 1. The Morgan fingerprint density at radius 3 is 2.87 bits per heavy atom. The predicted octanol–water partition coefficient (Wildman–Crippen LogP) is 4.03. The van der Waals surface area contributed by atoms with Gasteiger partial charge in [0, 0.05) is 54.2 Å². The number of aromatic nitrogens is 4. The summed E-state index contributed by atoms with van der Waals surface area (Å²) in [4.78, 5) is 24.0. The van der Waals surface area contributed by atoms with Gasteiger partial charge in [-0.05, 0) is 31.4 Å². The van der Waals surface area contributed by atoms with Gasteiger partial charge < -0.3 is 10.6 Å². The Kier molecular flexibility index (Phi) is 4.81. The molecule has 1 aliphatic rings. The maximum atomic E-state index is 12.2. The molecule has 2 N–H and O–H groups in total. The smallest absolute Gasteiger partial charge is 0.167 e. The lowest BCUT2D eigenvalue weighted by atomic mass is 9.97. The van der Waals surface area contributed by atoms with Gasteiger partial charge in [-0.3, -0.25) is 9.78 Å². The van der Waals surface area contributed by atoms with Crippen LogP contribution in [0.3, 0.4) is 0 Å². The zero-order valence-corrected chi connectivity index (χ0v) is 17.9. The lowest BCUT2D eigenvalue weighted by Crippen LogP contribution is -2.33. The van der Waals surface area contributed by atoms with E-state index in [0.29, 0.717) is 42.6 Å². The SMILES string of the molecule is Cc1c(N2CCC(=O)CC(C)CC2)nc2c(-c3cnc4ccccc4c3)cnn2c1N. The Bertz CT molecular complexity index is 1290. The Balaban J connectivity index is 1.62. The van der Waals surface area contributed by atoms with E-state index < -0.39 is 0 Å². The first-order valence-corrected chi connectivity index (χ1v) is 10.8.